The summed E-state index contributed by atoms with van der Waals surface area (Å²) in [5, 5.41) is 9.92. The van der Waals surface area contributed by atoms with Gasteiger partial charge in [-0.05, 0) is 25.3 Å². The van der Waals surface area contributed by atoms with Gasteiger partial charge in [0.2, 0.25) is 0 Å². The highest BCUT2D eigenvalue weighted by Crippen LogP contribution is 2.21. The molecule has 0 aliphatic carbocycles. The molecule has 2 aromatic rings. The standard InChI is InChI=1S/C15H18F2N6O2/c1-21-12(14(25)22-7-3-2-4-8-22)10(9-19-21)20-13(24)11-5-6-18-23(11)15(16)17/h5-6,9,15H,2-4,7-8H2,1H3,(H,20,24). The van der Waals surface area contributed by atoms with Crippen LogP contribution in [0.1, 0.15) is 46.8 Å². The Kier molecular flexibility index (Phi) is 4.77. The van der Waals surface area contributed by atoms with Gasteiger partial charge >= 0.3 is 6.55 Å². The monoisotopic (exact) mass is 352 g/mol. The van der Waals surface area contributed by atoms with Crippen molar-refractivity contribution in [2.75, 3.05) is 18.4 Å². The number of amides is 2. The van der Waals surface area contributed by atoms with E-state index in [2.05, 4.69) is 15.5 Å². The Hall–Kier alpha value is -2.78. The molecule has 10 heteroatoms. The van der Waals surface area contributed by atoms with E-state index in [4.69, 9.17) is 0 Å². The molecule has 0 saturated carbocycles. The largest absolute Gasteiger partial charge is 0.337 e. The van der Waals surface area contributed by atoms with Crippen LogP contribution < -0.4 is 5.32 Å². The first-order valence-electron chi connectivity index (χ1n) is 7.93. The molecule has 1 aliphatic heterocycles. The molecular weight excluding hydrogens is 334 g/mol. The lowest BCUT2D eigenvalue weighted by molar-refractivity contribution is 0.0520. The van der Waals surface area contributed by atoms with Gasteiger partial charge in [-0.2, -0.15) is 23.7 Å². The van der Waals surface area contributed by atoms with Gasteiger partial charge in [-0.15, -0.1) is 0 Å². The highest BCUT2D eigenvalue weighted by molar-refractivity contribution is 6.07. The van der Waals surface area contributed by atoms with Crippen molar-refractivity contribution in [1.82, 2.24) is 24.5 Å². The zero-order valence-corrected chi connectivity index (χ0v) is 13.7. The quantitative estimate of drug-likeness (QED) is 0.911. The third kappa shape index (κ3) is 3.37. The summed E-state index contributed by atoms with van der Waals surface area (Å²) in [6, 6.07) is 1.18. The number of halogens is 2. The van der Waals surface area contributed by atoms with Crippen LogP contribution in [0.25, 0.3) is 0 Å². The number of alkyl halides is 2. The molecule has 0 aromatic carbocycles. The van der Waals surface area contributed by atoms with Crippen LogP contribution >= 0.6 is 0 Å². The van der Waals surface area contributed by atoms with Crippen molar-refractivity contribution >= 4 is 17.5 Å². The number of hydrogen-bond donors (Lipinski definition) is 1. The number of nitrogens with zero attached hydrogens (tertiary/aromatic N) is 5. The lowest BCUT2D eigenvalue weighted by atomic mass is 10.1. The zero-order chi connectivity index (χ0) is 18.0. The number of piperidine rings is 1. The first-order valence-corrected chi connectivity index (χ1v) is 7.93. The molecule has 3 heterocycles. The van der Waals surface area contributed by atoms with E-state index in [9.17, 15) is 18.4 Å². The summed E-state index contributed by atoms with van der Waals surface area (Å²) in [6.45, 7) is -1.63. The Morgan fingerprint density at radius 1 is 1.20 bits per heavy atom. The number of carbonyl (C=O) groups excluding carboxylic acids is 2. The Balaban J connectivity index is 1.82. The third-order valence-corrected chi connectivity index (χ3v) is 4.12. The number of hydrogen-bond acceptors (Lipinski definition) is 4. The molecule has 2 amide bonds. The van der Waals surface area contributed by atoms with Gasteiger partial charge in [0.05, 0.1) is 11.9 Å². The molecule has 0 atom stereocenters. The van der Waals surface area contributed by atoms with E-state index >= 15 is 0 Å². The Labute approximate surface area is 142 Å². The fourth-order valence-corrected chi connectivity index (χ4v) is 2.87. The first kappa shape index (κ1) is 17.1. The van der Waals surface area contributed by atoms with Gasteiger partial charge in [0.15, 0.2) is 0 Å². The van der Waals surface area contributed by atoms with E-state index in [1.807, 2.05) is 0 Å². The van der Waals surface area contributed by atoms with Gasteiger partial charge in [-0.3, -0.25) is 14.3 Å². The van der Waals surface area contributed by atoms with Crippen molar-refractivity contribution in [2.24, 2.45) is 7.05 Å². The molecule has 0 bridgehead atoms. The Morgan fingerprint density at radius 2 is 1.92 bits per heavy atom. The number of likely N-dealkylation sites (tertiary alicyclic amines) is 1. The number of aryl methyl sites for hydroxylation is 1. The number of anilines is 1. The van der Waals surface area contributed by atoms with Gasteiger partial charge in [0.1, 0.15) is 11.4 Å². The fraction of sp³-hybridized carbons (Fsp3) is 0.467. The van der Waals surface area contributed by atoms with Crippen LogP contribution in [0.5, 0.6) is 0 Å². The second kappa shape index (κ2) is 6.99. The lowest BCUT2D eigenvalue weighted by Crippen LogP contribution is -2.37. The Morgan fingerprint density at radius 3 is 2.60 bits per heavy atom. The van der Waals surface area contributed by atoms with Crippen molar-refractivity contribution in [3.63, 3.8) is 0 Å². The average Bonchev–Trinajstić information content (AvgIpc) is 3.22. The SMILES string of the molecule is Cn1ncc(NC(=O)c2ccnn2C(F)F)c1C(=O)N1CCCCC1. The van der Waals surface area contributed by atoms with Gasteiger partial charge in [0.25, 0.3) is 11.8 Å². The maximum atomic E-state index is 12.9. The van der Waals surface area contributed by atoms with E-state index in [-0.39, 0.29) is 23.0 Å². The Bertz CT molecular complexity index is 779. The van der Waals surface area contributed by atoms with Crippen molar-refractivity contribution in [3.8, 4) is 0 Å². The van der Waals surface area contributed by atoms with Gasteiger partial charge in [0, 0.05) is 26.3 Å². The van der Waals surface area contributed by atoms with Crippen LogP contribution in [-0.4, -0.2) is 49.4 Å². The molecule has 1 aliphatic rings. The minimum atomic E-state index is -2.93. The van der Waals surface area contributed by atoms with Gasteiger partial charge in [-0.1, -0.05) is 0 Å². The molecule has 1 N–H and O–H groups in total. The lowest BCUT2D eigenvalue weighted by Gasteiger charge is -2.27. The molecule has 0 spiro atoms. The summed E-state index contributed by atoms with van der Waals surface area (Å²) in [5.74, 6) is -1.02. The smallest absolute Gasteiger partial charge is 0.333 e. The summed E-state index contributed by atoms with van der Waals surface area (Å²) in [7, 11) is 1.59. The van der Waals surface area contributed by atoms with Crippen LogP contribution in [0.4, 0.5) is 14.5 Å². The van der Waals surface area contributed by atoms with Crippen molar-refractivity contribution < 1.29 is 18.4 Å². The van der Waals surface area contributed by atoms with E-state index in [0.29, 0.717) is 17.8 Å². The summed E-state index contributed by atoms with van der Waals surface area (Å²) in [6.07, 6.45) is 5.39. The van der Waals surface area contributed by atoms with Crippen LogP contribution in [0, 0.1) is 0 Å². The summed E-state index contributed by atoms with van der Waals surface area (Å²) < 4.78 is 27.4. The minimum Gasteiger partial charge on any atom is -0.337 e. The topological polar surface area (TPSA) is 85.0 Å². The summed E-state index contributed by atoms with van der Waals surface area (Å²) >= 11 is 0. The first-order chi connectivity index (χ1) is 12.0. The van der Waals surface area contributed by atoms with Crippen LogP contribution in [0.15, 0.2) is 18.5 Å². The number of nitrogens with one attached hydrogen (secondary N) is 1. The molecule has 2 aromatic heterocycles. The van der Waals surface area contributed by atoms with E-state index in [0.717, 1.165) is 25.5 Å². The summed E-state index contributed by atoms with van der Waals surface area (Å²) in [5.41, 5.74) is 0.110. The van der Waals surface area contributed by atoms with Gasteiger partial charge in [-0.25, -0.2) is 0 Å². The normalized spacial score (nSPS) is 14.8. The van der Waals surface area contributed by atoms with Crippen molar-refractivity contribution in [3.05, 3.63) is 29.8 Å². The molecule has 25 heavy (non-hydrogen) atoms. The van der Waals surface area contributed by atoms with E-state index in [1.165, 1.54) is 16.9 Å². The molecular formula is C15H18F2N6O2. The number of carbonyl (C=O) groups is 2. The minimum absolute atomic E-state index is 0.185. The predicted octanol–water partition coefficient (Wildman–Crippen LogP) is 1.89. The van der Waals surface area contributed by atoms with Crippen molar-refractivity contribution in [1.29, 1.82) is 0 Å². The molecule has 3 rings (SSSR count). The molecule has 1 fully saturated rings. The molecule has 8 nitrogen and oxygen atoms in total. The van der Waals surface area contributed by atoms with Crippen LogP contribution in [-0.2, 0) is 7.05 Å². The molecule has 0 unspecified atom stereocenters. The average molecular weight is 352 g/mol. The molecule has 0 radical (unpaired) electrons. The third-order valence-electron chi connectivity index (χ3n) is 4.12. The highest BCUT2D eigenvalue weighted by atomic mass is 19.3. The predicted molar refractivity (Wildman–Crippen MR) is 84.4 cm³/mol. The van der Waals surface area contributed by atoms with Crippen LogP contribution in [0.3, 0.4) is 0 Å². The molecule has 134 valence electrons. The van der Waals surface area contributed by atoms with Crippen molar-refractivity contribution in [2.45, 2.75) is 25.8 Å². The van der Waals surface area contributed by atoms with E-state index in [1.54, 1.807) is 11.9 Å². The maximum Gasteiger partial charge on any atom is 0.333 e. The van der Waals surface area contributed by atoms with Crippen LogP contribution in [0.2, 0.25) is 0 Å². The number of rotatable bonds is 4. The number of aromatic nitrogens is 4. The summed E-state index contributed by atoms with van der Waals surface area (Å²) in [4.78, 5) is 26.7. The van der Waals surface area contributed by atoms with E-state index < -0.39 is 12.5 Å². The second-order valence-electron chi connectivity index (χ2n) is 5.78. The highest BCUT2D eigenvalue weighted by Gasteiger charge is 2.26. The zero-order valence-electron chi connectivity index (χ0n) is 13.7. The molecule has 1 saturated heterocycles. The fourth-order valence-electron chi connectivity index (χ4n) is 2.87. The second-order valence-corrected chi connectivity index (χ2v) is 5.78. The van der Waals surface area contributed by atoms with Gasteiger partial charge < -0.3 is 10.2 Å². The maximum absolute atomic E-state index is 12.9.